The molecule has 1 aliphatic heterocycles. The minimum absolute atomic E-state index is 0.255. The Balaban J connectivity index is 1.48. The van der Waals surface area contributed by atoms with Crippen LogP contribution < -0.4 is 20.2 Å². The molecule has 1 amide bonds. The van der Waals surface area contributed by atoms with Crippen molar-refractivity contribution < 1.29 is 14.3 Å². The number of esters is 1. The molecule has 10 heteroatoms. The van der Waals surface area contributed by atoms with Gasteiger partial charge in [0.05, 0.1) is 34.5 Å². The average molecular weight is 651 g/mol. The maximum absolute atomic E-state index is 14.2. The van der Waals surface area contributed by atoms with Gasteiger partial charge in [0, 0.05) is 27.8 Å². The Morgan fingerprint density at radius 1 is 0.978 bits per heavy atom. The fraction of sp³-hybridized carbons (Fsp3) is 0.167. The Hall–Kier alpha value is -4.99. The number of benzene rings is 3. The number of carbonyl (C=O) groups is 2. The Bertz CT molecular complexity index is 2230. The number of thiazole rings is 1. The zero-order chi connectivity index (χ0) is 32.7. The Kier molecular flexibility index (Phi) is 8.37. The SMILES string of the molecule is COC(=O)c1cccc(-n2c(C)cc(/C=c3/sc4n(c3=O)[C@H](c3ccc(Cl)cc3)C(C(=O)Nc3ccccc3)=C(C)N=4)c2C)c1C. The second-order valence-corrected chi connectivity index (χ2v) is 12.5. The van der Waals surface area contributed by atoms with Gasteiger partial charge in [0.25, 0.3) is 11.5 Å². The molecule has 0 radical (unpaired) electrons. The lowest BCUT2D eigenvalue weighted by Gasteiger charge is -2.25. The number of hydrogen-bond donors (Lipinski definition) is 1. The first-order valence-electron chi connectivity index (χ1n) is 14.6. The van der Waals surface area contributed by atoms with Crippen LogP contribution in [0, 0.1) is 20.8 Å². The number of allylic oxidation sites excluding steroid dienone is 1. The minimum Gasteiger partial charge on any atom is -0.465 e. The number of anilines is 1. The monoisotopic (exact) mass is 650 g/mol. The lowest BCUT2D eigenvalue weighted by Crippen LogP contribution is -2.40. The third-order valence-electron chi connectivity index (χ3n) is 8.19. The molecule has 3 aromatic carbocycles. The summed E-state index contributed by atoms with van der Waals surface area (Å²) < 4.78 is 9.12. The molecule has 1 atom stereocenters. The van der Waals surface area contributed by atoms with Crippen molar-refractivity contribution in [2.45, 2.75) is 33.7 Å². The number of aromatic nitrogens is 2. The molecule has 0 aliphatic carbocycles. The number of fused-ring (bicyclic) bond motifs is 1. The fourth-order valence-corrected chi connectivity index (χ4v) is 7.10. The van der Waals surface area contributed by atoms with Crippen LogP contribution in [-0.2, 0) is 9.53 Å². The standard InChI is InChI=1S/C36H31ClN4O4S/c1-20-18-25(23(4)40(20)29-13-9-12-28(21(29)2)35(44)45-5)19-30-34(43)41-32(24-14-16-26(37)17-15-24)31(22(3)38-36(41)46-30)33(42)39-27-10-7-6-8-11-27/h6-19,32H,1-5H3,(H,39,42)/b30-19+/t32-/m1/s1. The van der Waals surface area contributed by atoms with Crippen molar-refractivity contribution in [1.29, 1.82) is 0 Å². The van der Waals surface area contributed by atoms with Gasteiger partial charge in [-0.25, -0.2) is 9.79 Å². The second kappa shape index (κ2) is 12.4. The van der Waals surface area contributed by atoms with Crippen molar-refractivity contribution in [3.05, 3.63) is 148 Å². The fourth-order valence-electron chi connectivity index (χ4n) is 5.93. The van der Waals surface area contributed by atoms with E-state index in [2.05, 4.69) is 9.88 Å². The zero-order valence-electron chi connectivity index (χ0n) is 25.9. The molecule has 0 unspecified atom stereocenters. The zero-order valence-corrected chi connectivity index (χ0v) is 27.5. The summed E-state index contributed by atoms with van der Waals surface area (Å²) >= 11 is 7.50. The number of para-hydroxylation sites is 1. The van der Waals surface area contributed by atoms with E-state index >= 15 is 0 Å². The first-order valence-corrected chi connectivity index (χ1v) is 15.8. The number of nitrogens with one attached hydrogen (secondary N) is 1. The highest BCUT2D eigenvalue weighted by Crippen LogP contribution is 2.32. The van der Waals surface area contributed by atoms with Crippen LogP contribution in [-0.4, -0.2) is 28.1 Å². The van der Waals surface area contributed by atoms with Gasteiger partial charge in [0.15, 0.2) is 4.80 Å². The summed E-state index contributed by atoms with van der Waals surface area (Å²) in [7, 11) is 1.37. The number of carbonyl (C=O) groups excluding carboxylic acids is 2. The Morgan fingerprint density at radius 3 is 2.39 bits per heavy atom. The van der Waals surface area contributed by atoms with Gasteiger partial charge in [-0.2, -0.15) is 0 Å². The molecule has 5 aromatic rings. The number of aryl methyl sites for hydroxylation is 1. The van der Waals surface area contributed by atoms with E-state index in [-0.39, 0.29) is 11.5 Å². The van der Waals surface area contributed by atoms with E-state index in [1.807, 2.05) is 87.5 Å². The predicted molar refractivity (Wildman–Crippen MR) is 182 cm³/mol. The summed E-state index contributed by atoms with van der Waals surface area (Å²) in [5, 5.41) is 3.52. The van der Waals surface area contributed by atoms with Gasteiger partial charge in [0.2, 0.25) is 0 Å². The molecule has 1 aliphatic rings. The number of ether oxygens (including phenoxy) is 1. The molecule has 0 spiro atoms. The van der Waals surface area contributed by atoms with Crippen LogP contribution in [0.5, 0.6) is 0 Å². The molecule has 232 valence electrons. The summed E-state index contributed by atoms with van der Waals surface area (Å²) in [6.45, 7) is 7.64. The van der Waals surface area contributed by atoms with Crippen LogP contribution in [0.3, 0.4) is 0 Å². The van der Waals surface area contributed by atoms with Gasteiger partial charge >= 0.3 is 5.97 Å². The van der Waals surface area contributed by atoms with E-state index in [0.29, 0.717) is 36.9 Å². The molecule has 46 heavy (non-hydrogen) atoms. The minimum atomic E-state index is -0.712. The maximum Gasteiger partial charge on any atom is 0.338 e. The molecule has 0 saturated heterocycles. The molecule has 0 fully saturated rings. The van der Waals surface area contributed by atoms with E-state index in [1.165, 1.54) is 18.4 Å². The lowest BCUT2D eigenvalue weighted by atomic mass is 9.95. The topological polar surface area (TPSA) is 94.7 Å². The van der Waals surface area contributed by atoms with Crippen LogP contribution in [0.25, 0.3) is 11.8 Å². The summed E-state index contributed by atoms with van der Waals surface area (Å²) in [6.07, 6.45) is 1.87. The largest absolute Gasteiger partial charge is 0.465 e. The lowest BCUT2D eigenvalue weighted by molar-refractivity contribution is -0.113. The van der Waals surface area contributed by atoms with Crippen LogP contribution in [0.1, 0.15) is 51.4 Å². The summed E-state index contributed by atoms with van der Waals surface area (Å²) in [6, 6.07) is 23.2. The van der Waals surface area contributed by atoms with Gasteiger partial charge in [-0.1, -0.05) is 59.3 Å². The normalized spacial score (nSPS) is 14.6. The molecule has 0 saturated carbocycles. The van der Waals surface area contributed by atoms with Gasteiger partial charge in [-0.15, -0.1) is 0 Å². The molecular formula is C36H31ClN4O4S. The molecular weight excluding hydrogens is 620 g/mol. The van der Waals surface area contributed by atoms with Crippen LogP contribution >= 0.6 is 22.9 Å². The van der Waals surface area contributed by atoms with Crippen molar-refractivity contribution in [2.24, 2.45) is 4.99 Å². The van der Waals surface area contributed by atoms with E-state index in [9.17, 15) is 14.4 Å². The van der Waals surface area contributed by atoms with E-state index < -0.39 is 12.0 Å². The first-order chi connectivity index (χ1) is 22.1. The molecule has 8 nitrogen and oxygen atoms in total. The van der Waals surface area contributed by atoms with Crippen LogP contribution in [0.4, 0.5) is 5.69 Å². The van der Waals surface area contributed by atoms with Gasteiger partial charge < -0.3 is 14.6 Å². The maximum atomic E-state index is 14.2. The van der Waals surface area contributed by atoms with Gasteiger partial charge in [-0.3, -0.25) is 14.2 Å². The number of hydrogen-bond acceptors (Lipinski definition) is 6. The van der Waals surface area contributed by atoms with Crippen molar-refractivity contribution in [3.8, 4) is 5.69 Å². The number of methoxy groups -OCH3 is 1. The summed E-state index contributed by atoms with van der Waals surface area (Å²) in [4.78, 5) is 45.6. The smallest absolute Gasteiger partial charge is 0.338 e. The van der Waals surface area contributed by atoms with E-state index in [0.717, 1.165) is 33.8 Å². The van der Waals surface area contributed by atoms with E-state index in [4.69, 9.17) is 21.3 Å². The molecule has 6 rings (SSSR count). The van der Waals surface area contributed by atoms with Gasteiger partial charge in [0.1, 0.15) is 0 Å². The summed E-state index contributed by atoms with van der Waals surface area (Å²) in [5.74, 6) is -0.736. The Labute approximate surface area is 274 Å². The van der Waals surface area contributed by atoms with Crippen molar-refractivity contribution in [3.63, 3.8) is 0 Å². The second-order valence-electron chi connectivity index (χ2n) is 11.1. The highest BCUT2D eigenvalue weighted by atomic mass is 35.5. The summed E-state index contributed by atoms with van der Waals surface area (Å²) in [5.41, 5.74) is 6.87. The number of nitrogens with zero attached hydrogens (tertiary/aromatic N) is 3. The molecule has 2 aromatic heterocycles. The third-order valence-corrected chi connectivity index (χ3v) is 9.43. The first kappa shape index (κ1) is 31.0. The van der Waals surface area contributed by atoms with Crippen molar-refractivity contribution in [2.75, 3.05) is 12.4 Å². The quantitative estimate of drug-likeness (QED) is 0.227. The number of amides is 1. The van der Waals surface area contributed by atoms with Crippen LogP contribution in [0.15, 0.2) is 99.9 Å². The third kappa shape index (κ3) is 5.52. The predicted octanol–water partition coefficient (Wildman–Crippen LogP) is 6.03. The highest BCUT2D eigenvalue weighted by Gasteiger charge is 2.32. The average Bonchev–Trinajstić information content (AvgIpc) is 3.50. The molecule has 0 bridgehead atoms. The molecule has 3 heterocycles. The number of rotatable bonds is 6. The van der Waals surface area contributed by atoms with Gasteiger partial charge in [-0.05, 0) is 92.9 Å². The van der Waals surface area contributed by atoms with E-state index in [1.54, 1.807) is 29.7 Å². The number of halogens is 1. The van der Waals surface area contributed by atoms with Crippen molar-refractivity contribution >= 4 is 46.6 Å². The molecule has 1 N–H and O–H groups in total. The van der Waals surface area contributed by atoms with Crippen molar-refractivity contribution in [1.82, 2.24) is 9.13 Å². The Morgan fingerprint density at radius 2 is 1.70 bits per heavy atom. The highest BCUT2D eigenvalue weighted by molar-refractivity contribution is 7.07. The van der Waals surface area contributed by atoms with Crippen LogP contribution in [0.2, 0.25) is 5.02 Å².